The minimum Gasteiger partial charge on any atom is -0.488 e. The molecule has 4 rings (SSSR count). The Bertz CT molecular complexity index is 972. The number of para-hydroxylation sites is 1. The summed E-state index contributed by atoms with van der Waals surface area (Å²) in [4.78, 5) is 29.2. The SMILES string of the molecule is O=C1S/C(=C\c2ccccc2OCc2ccccc2Cl)C(=O)N1CN1CCCCC1. The van der Waals surface area contributed by atoms with Gasteiger partial charge in [-0.25, -0.2) is 0 Å². The van der Waals surface area contributed by atoms with E-state index in [2.05, 4.69) is 4.90 Å². The molecule has 2 aliphatic rings. The second-order valence-electron chi connectivity index (χ2n) is 7.35. The van der Waals surface area contributed by atoms with Gasteiger partial charge in [-0.2, -0.15) is 0 Å². The van der Waals surface area contributed by atoms with Crippen LogP contribution in [0.1, 0.15) is 30.4 Å². The van der Waals surface area contributed by atoms with Gasteiger partial charge in [0, 0.05) is 16.1 Å². The molecule has 0 aliphatic carbocycles. The van der Waals surface area contributed by atoms with E-state index < -0.39 is 0 Å². The molecular formula is C23H23ClN2O3S. The number of carbonyl (C=O) groups excluding carboxylic acids is 2. The highest BCUT2D eigenvalue weighted by Gasteiger charge is 2.36. The Morgan fingerprint density at radius 1 is 1.00 bits per heavy atom. The summed E-state index contributed by atoms with van der Waals surface area (Å²) in [5, 5.41) is 0.431. The fourth-order valence-electron chi connectivity index (χ4n) is 3.57. The lowest BCUT2D eigenvalue weighted by Crippen LogP contribution is -2.42. The normalized spacial score (nSPS) is 19.0. The molecule has 2 amide bonds. The number of piperidine rings is 1. The fourth-order valence-corrected chi connectivity index (χ4v) is 4.58. The van der Waals surface area contributed by atoms with Crippen molar-refractivity contribution in [1.82, 2.24) is 9.80 Å². The Morgan fingerprint density at radius 2 is 1.73 bits per heavy atom. The maximum Gasteiger partial charge on any atom is 0.294 e. The highest BCUT2D eigenvalue weighted by molar-refractivity contribution is 8.18. The highest BCUT2D eigenvalue weighted by atomic mass is 35.5. The molecule has 7 heteroatoms. The molecule has 2 heterocycles. The summed E-state index contributed by atoms with van der Waals surface area (Å²) >= 11 is 7.20. The number of halogens is 1. The van der Waals surface area contributed by atoms with E-state index in [1.165, 1.54) is 11.3 Å². The van der Waals surface area contributed by atoms with E-state index in [9.17, 15) is 9.59 Å². The number of likely N-dealkylation sites (tertiary alicyclic amines) is 1. The number of imide groups is 1. The Morgan fingerprint density at radius 3 is 2.53 bits per heavy atom. The summed E-state index contributed by atoms with van der Waals surface area (Å²) in [6.07, 6.45) is 5.18. The molecule has 0 atom stereocenters. The average Bonchev–Trinajstić information content (AvgIpc) is 3.02. The topological polar surface area (TPSA) is 49.9 Å². The molecule has 0 saturated carbocycles. The van der Waals surface area contributed by atoms with Crippen molar-refractivity contribution in [2.45, 2.75) is 25.9 Å². The van der Waals surface area contributed by atoms with Gasteiger partial charge in [0.15, 0.2) is 0 Å². The summed E-state index contributed by atoms with van der Waals surface area (Å²) < 4.78 is 5.97. The van der Waals surface area contributed by atoms with E-state index in [0.29, 0.717) is 29.0 Å². The molecule has 2 aromatic rings. The van der Waals surface area contributed by atoms with Crippen LogP contribution in [0.25, 0.3) is 6.08 Å². The smallest absolute Gasteiger partial charge is 0.294 e. The molecule has 5 nitrogen and oxygen atoms in total. The van der Waals surface area contributed by atoms with Crippen molar-refractivity contribution >= 4 is 40.6 Å². The number of nitrogens with zero attached hydrogens (tertiary/aromatic N) is 2. The summed E-state index contributed by atoms with van der Waals surface area (Å²) in [5.41, 5.74) is 1.64. The van der Waals surface area contributed by atoms with E-state index in [1.54, 1.807) is 6.08 Å². The van der Waals surface area contributed by atoms with Gasteiger partial charge in [0.2, 0.25) is 0 Å². The zero-order valence-corrected chi connectivity index (χ0v) is 18.1. The number of hydrogen-bond acceptors (Lipinski definition) is 5. The van der Waals surface area contributed by atoms with Gasteiger partial charge in [0.25, 0.3) is 11.1 Å². The van der Waals surface area contributed by atoms with E-state index in [0.717, 1.165) is 48.8 Å². The third-order valence-electron chi connectivity index (χ3n) is 5.21. The van der Waals surface area contributed by atoms with Crippen LogP contribution in [-0.4, -0.2) is 40.7 Å². The van der Waals surface area contributed by atoms with Crippen LogP contribution in [0.5, 0.6) is 5.75 Å². The molecule has 0 aromatic heterocycles. The van der Waals surface area contributed by atoms with Crippen molar-refractivity contribution in [2.24, 2.45) is 0 Å². The van der Waals surface area contributed by atoms with Gasteiger partial charge in [-0.1, -0.05) is 54.4 Å². The van der Waals surface area contributed by atoms with E-state index in [-0.39, 0.29) is 11.1 Å². The van der Waals surface area contributed by atoms with Crippen LogP contribution in [0.15, 0.2) is 53.4 Å². The highest BCUT2D eigenvalue weighted by Crippen LogP contribution is 2.34. The van der Waals surface area contributed by atoms with E-state index in [1.807, 2.05) is 48.5 Å². The number of hydrogen-bond donors (Lipinski definition) is 0. The van der Waals surface area contributed by atoms with Gasteiger partial charge in [-0.3, -0.25) is 19.4 Å². The predicted octanol–water partition coefficient (Wildman–Crippen LogP) is 5.40. The average molecular weight is 443 g/mol. The molecule has 2 saturated heterocycles. The monoisotopic (exact) mass is 442 g/mol. The quantitative estimate of drug-likeness (QED) is 0.560. The molecule has 2 aliphatic heterocycles. The van der Waals surface area contributed by atoms with Crippen LogP contribution in [0.2, 0.25) is 5.02 Å². The fraction of sp³-hybridized carbons (Fsp3) is 0.304. The molecule has 30 heavy (non-hydrogen) atoms. The maximum absolute atomic E-state index is 12.9. The molecule has 0 bridgehead atoms. The molecule has 0 spiro atoms. The Labute approximate surface area is 185 Å². The number of benzene rings is 2. The third-order valence-corrected chi connectivity index (χ3v) is 6.49. The largest absolute Gasteiger partial charge is 0.488 e. The van der Waals surface area contributed by atoms with Gasteiger partial charge in [0.05, 0.1) is 11.6 Å². The first-order chi connectivity index (χ1) is 14.6. The van der Waals surface area contributed by atoms with Crippen molar-refractivity contribution < 1.29 is 14.3 Å². The molecule has 0 N–H and O–H groups in total. The van der Waals surface area contributed by atoms with Crippen LogP contribution in [0, 0.1) is 0 Å². The van der Waals surface area contributed by atoms with Gasteiger partial charge < -0.3 is 4.74 Å². The van der Waals surface area contributed by atoms with Crippen LogP contribution >= 0.6 is 23.4 Å². The number of thioether (sulfide) groups is 1. The summed E-state index contributed by atoms with van der Waals surface area (Å²) in [6, 6.07) is 15.0. The second-order valence-corrected chi connectivity index (χ2v) is 8.75. The Kier molecular flexibility index (Phi) is 6.77. The van der Waals surface area contributed by atoms with Crippen LogP contribution in [0.3, 0.4) is 0 Å². The molecule has 2 aromatic carbocycles. The third kappa shape index (κ3) is 4.89. The van der Waals surface area contributed by atoms with Gasteiger partial charge in [0.1, 0.15) is 12.4 Å². The minimum absolute atomic E-state index is 0.216. The summed E-state index contributed by atoms with van der Waals surface area (Å²) in [6.45, 7) is 2.55. The molecule has 156 valence electrons. The predicted molar refractivity (Wildman–Crippen MR) is 120 cm³/mol. The van der Waals surface area contributed by atoms with Gasteiger partial charge in [-0.15, -0.1) is 0 Å². The number of ether oxygens (including phenoxy) is 1. The van der Waals surface area contributed by atoms with Gasteiger partial charge >= 0.3 is 0 Å². The van der Waals surface area contributed by atoms with Crippen LogP contribution < -0.4 is 4.74 Å². The van der Waals surface area contributed by atoms with Crippen molar-refractivity contribution in [3.05, 3.63) is 69.6 Å². The van der Waals surface area contributed by atoms with E-state index in [4.69, 9.17) is 16.3 Å². The summed E-state index contributed by atoms with van der Waals surface area (Å²) in [7, 11) is 0. The number of rotatable bonds is 6. The molecular weight excluding hydrogens is 420 g/mol. The van der Waals surface area contributed by atoms with E-state index >= 15 is 0 Å². The minimum atomic E-state index is -0.239. The van der Waals surface area contributed by atoms with Crippen molar-refractivity contribution in [2.75, 3.05) is 19.8 Å². The lowest BCUT2D eigenvalue weighted by atomic mass is 10.1. The first-order valence-corrected chi connectivity index (χ1v) is 11.2. The number of amides is 2. The van der Waals surface area contributed by atoms with Crippen molar-refractivity contribution in [3.8, 4) is 5.75 Å². The Hall–Kier alpha value is -2.28. The maximum atomic E-state index is 12.9. The second kappa shape index (κ2) is 9.69. The van der Waals surface area contributed by atoms with Crippen molar-refractivity contribution in [3.63, 3.8) is 0 Å². The lowest BCUT2D eigenvalue weighted by molar-refractivity contribution is -0.124. The van der Waals surface area contributed by atoms with Crippen molar-refractivity contribution in [1.29, 1.82) is 0 Å². The Balaban J connectivity index is 1.48. The van der Waals surface area contributed by atoms with Gasteiger partial charge in [-0.05, 0) is 55.9 Å². The van der Waals surface area contributed by atoms with Crippen LogP contribution in [-0.2, 0) is 11.4 Å². The van der Waals surface area contributed by atoms with Crippen LogP contribution in [0.4, 0.5) is 4.79 Å². The number of carbonyl (C=O) groups is 2. The first kappa shape index (κ1) is 21.0. The lowest BCUT2D eigenvalue weighted by Gasteiger charge is -2.29. The molecule has 2 fully saturated rings. The molecule has 0 unspecified atom stereocenters. The zero-order chi connectivity index (χ0) is 20.9. The summed E-state index contributed by atoms with van der Waals surface area (Å²) in [5.74, 6) is 0.400. The first-order valence-electron chi connectivity index (χ1n) is 10.0. The zero-order valence-electron chi connectivity index (χ0n) is 16.6. The standard InChI is InChI=1S/C23H23ClN2O3S/c24-19-10-4-2-9-18(19)15-29-20-11-5-3-8-17(20)14-21-22(27)26(23(28)30-21)16-25-12-6-1-7-13-25/h2-5,8-11,14H,1,6-7,12-13,15-16H2/b21-14-. The molecule has 0 radical (unpaired) electrons.